The SMILES string of the molecule is COc1c(C(=O)Nc2ncccc2C)c(=O)n(CC(C)C)c2ccc(Br)cc12. The molecule has 146 valence electrons. The Morgan fingerprint density at radius 3 is 2.71 bits per heavy atom. The van der Waals surface area contributed by atoms with Crippen LogP contribution in [0.5, 0.6) is 5.75 Å². The van der Waals surface area contributed by atoms with Gasteiger partial charge >= 0.3 is 0 Å². The van der Waals surface area contributed by atoms with Crippen LogP contribution in [0.15, 0.2) is 45.8 Å². The van der Waals surface area contributed by atoms with Crippen LogP contribution in [0, 0.1) is 12.8 Å². The van der Waals surface area contributed by atoms with Crippen molar-refractivity contribution in [1.82, 2.24) is 9.55 Å². The van der Waals surface area contributed by atoms with E-state index in [1.54, 1.807) is 16.8 Å². The van der Waals surface area contributed by atoms with Gasteiger partial charge in [-0.25, -0.2) is 4.98 Å². The minimum atomic E-state index is -0.539. The maximum Gasteiger partial charge on any atom is 0.267 e. The first kappa shape index (κ1) is 20.1. The average molecular weight is 444 g/mol. The van der Waals surface area contributed by atoms with Gasteiger partial charge in [-0.3, -0.25) is 9.59 Å². The fraction of sp³-hybridized carbons (Fsp3) is 0.286. The number of pyridine rings is 2. The molecule has 0 aliphatic heterocycles. The number of nitrogens with one attached hydrogen (secondary N) is 1. The molecule has 0 spiro atoms. The molecular weight excluding hydrogens is 422 g/mol. The molecule has 3 rings (SSSR count). The van der Waals surface area contributed by atoms with E-state index in [2.05, 4.69) is 26.2 Å². The summed E-state index contributed by atoms with van der Waals surface area (Å²) >= 11 is 3.46. The average Bonchev–Trinajstić information content (AvgIpc) is 2.65. The number of nitrogens with zero attached hydrogens (tertiary/aromatic N) is 2. The quantitative estimate of drug-likeness (QED) is 0.634. The van der Waals surface area contributed by atoms with E-state index >= 15 is 0 Å². The van der Waals surface area contributed by atoms with Crippen LogP contribution in [0.3, 0.4) is 0 Å². The highest BCUT2D eigenvalue weighted by Gasteiger charge is 2.24. The van der Waals surface area contributed by atoms with Gasteiger partial charge in [0.25, 0.3) is 11.5 Å². The predicted octanol–water partition coefficient (Wildman–Crippen LogP) is 4.38. The van der Waals surface area contributed by atoms with E-state index in [0.717, 1.165) is 15.6 Å². The Bertz CT molecular complexity index is 1110. The normalized spacial score (nSPS) is 11.1. The number of aromatic nitrogens is 2. The molecule has 6 nitrogen and oxygen atoms in total. The van der Waals surface area contributed by atoms with Crippen LogP contribution in [0.25, 0.3) is 10.9 Å². The molecule has 1 N–H and O–H groups in total. The van der Waals surface area contributed by atoms with E-state index in [1.807, 2.05) is 45.0 Å². The van der Waals surface area contributed by atoms with E-state index in [1.165, 1.54) is 7.11 Å². The van der Waals surface area contributed by atoms with E-state index in [-0.39, 0.29) is 22.8 Å². The lowest BCUT2D eigenvalue weighted by molar-refractivity contribution is 0.102. The molecule has 1 aromatic carbocycles. The van der Waals surface area contributed by atoms with Gasteiger partial charge in [0.1, 0.15) is 17.1 Å². The van der Waals surface area contributed by atoms with Gasteiger partial charge in [-0.1, -0.05) is 35.8 Å². The van der Waals surface area contributed by atoms with Gasteiger partial charge in [0.05, 0.1) is 12.6 Å². The zero-order valence-electron chi connectivity index (χ0n) is 16.2. The number of fused-ring (bicyclic) bond motifs is 1. The van der Waals surface area contributed by atoms with Crippen LogP contribution in [-0.4, -0.2) is 22.6 Å². The number of rotatable bonds is 5. The Balaban J connectivity index is 2.26. The number of hydrogen-bond acceptors (Lipinski definition) is 4. The molecule has 28 heavy (non-hydrogen) atoms. The van der Waals surface area contributed by atoms with Crippen molar-refractivity contribution in [2.24, 2.45) is 5.92 Å². The number of carbonyl (C=O) groups excluding carboxylic acids is 1. The number of aryl methyl sites for hydroxylation is 1. The first-order valence-corrected chi connectivity index (χ1v) is 9.75. The number of anilines is 1. The van der Waals surface area contributed by atoms with Crippen molar-refractivity contribution in [3.05, 3.63) is 62.5 Å². The first-order chi connectivity index (χ1) is 13.3. The first-order valence-electron chi connectivity index (χ1n) is 8.96. The van der Waals surface area contributed by atoms with Gasteiger partial charge in [0.2, 0.25) is 0 Å². The summed E-state index contributed by atoms with van der Waals surface area (Å²) in [4.78, 5) is 30.6. The van der Waals surface area contributed by atoms with E-state index in [4.69, 9.17) is 4.74 Å². The third-order valence-corrected chi connectivity index (χ3v) is 4.89. The van der Waals surface area contributed by atoms with Crippen LogP contribution < -0.4 is 15.6 Å². The fourth-order valence-corrected chi connectivity index (χ4v) is 3.51. The van der Waals surface area contributed by atoms with Crippen LogP contribution >= 0.6 is 15.9 Å². The Morgan fingerprint density at radius 1 is 1.32 bits per heavy atom. The second-order valence-electron chi connectivity index (χ2n) is 7.00. The van der Waals surface area contributed by atoms with Crippen LogP contribution in [0.4, 0.5) is 5.82 Å². The summed E-state index contributed by atoms with van der Waals surface area (Å²) in [5, 5.41) is 3.44. The summed E-state index contributed by atoms with van der Waals surface area (Å²) in [5.74, 6) is 0.362. The molecule has 2 heterocycles. The number of ether oxygens (including phenoxy) is 1. The van der Waals surface area contributed by atoms with E-state index < -0.39 is 5.91 Å². The summed E-state index contributed by atoms with van der Waals surface area (Å²) in [6.45, 7) is 6.38. The standard InChI is InChI=1S/C21H22BrN3O3/c1-12(2)11-25-16-8-7-14(22)10-15(16)18(28-4)17(21(25)27)20(26)24-19-13(3)6-5-9-23-19/h5-10,12H,11H2,1-4H3,(H,23,24,26). The molecule has 0 unspecified atom stereocenters. The minimum Gasteiger partial charge on any atom is -0.495 e. The highest BCUT2D eigenvalue weighted by atomic mass is 79.9. The summed E-state index contributed by atoms with van der Waals surface area (Å²) in [6.07, 6.45) is 1.59. The molecule has 0 aliphatic carbocycles. The maximum atomic E-state index is 13.3. The zero-order chi connectivity index (χ0) is 20.4. The molecule has 0 saturated carbocycles. The van der Waals surface area contributed by atoms with Gasteiger partial charge in [0.15, 0.2) is 0 Å². The van der Waals surface area contributed by atoms with Crippen molar-refractivity contribution < 1.29 is 9.53 Å². The van der Waals surface area contributed by atoms with E-state index in [9.17, 15) is 9.59 Å². The summed E-state index contributed by atoms with van der Waals surface area (Å²) in [5.41, 5.74) is 1.12. The molecule has 3 aromatic rings. The smallest absolute Gasteiger partial charge is 0.267 e. The Morgan fingerprint density at radius 2 is 2.07 bits per heavy atom. The molecule has 0 aliphatic rings. The van der Waals surface area contributed by atoms with Gasteiger partial charge in [0, 0.05) is 22.6 Å². The molecule has 0 radical (unpaired) electrons. The van der Waals surface area contributed by atoms with Gasteiger partial charge in [-0.15, -0.1) is 0 Å². The number of methoxy groups -OCH3 is 1. The Kier molecular flexibility index (Phi) is 5.84. The van der Waals surface area contributed by atoms with Crippen molar-refractivity contribution in [2.45, 2.75) is 27.3 Å². The number of halogens is 1. The van der Waals surface area contributed by atoms with Crippen LogP contribution in [-0.2, 0) is 6.54 Å². The van der Waals surface area contributed by atoms with Crippen molar-refractivity contribution in [2.75, 3.05) is 12.4 Å². The molecule has 0 saturated heterocycles. The molecule has 7 heteroatoms. The van der Waals surface area contributed by atoms with Crippen LogP contribution in [0.1, 0.15) is 29.8 Å². The third kappa shape index (κ3) is 3.80. The topological polar surface area (TPSA) is 73.2 Å². The lowest BCUT2D eigenvalue weighted by Crippen LogP contribution is -2.32. The number of carbonyl (C=O) groups is 1. The van der Waals surface area contributed by atoms with Gasteiger partial charge in [-0.2, -0.15) is 0 Å². The number of benzene rings is 1. The maximum absolute atomic E-state index is 13.3. The monoisotopic (exact) mass is 443 g/mol. The summed E-state index contributed by atoms with van der Waals surface area (Å²) in [7, 11) is 1.46. The third-order valence-electron chi connectivity index (χ3n) is 4.40. The summed E-state index contributed by atoms with van der Waals surface area (Å²) < 4.78 is 8.00. The highest BCUT2D eigenvalue weighted by molar-refractivity contribution is 9.10. The van der Waals surface area contributed by atoms with Crippen LogP contribution in [0.2, 0.25) is 0 Å². The molecule has 0 bridgehead atoms. The van der Waals surface area contributed by atoms with Crippen molar-refractivity contribution >= 4 is 38.6 Å². The van der Waals surface area contributed by atoms with Gasteiger partial charge in [-0.05, 0) is 42.7 Å². The summed E-state index contributed by atoms with van der Waals surface area (Å²) in [6, 6.07) is 9.21. The molecule has 0 atom stereocenters. The van der Waals surface area contributed by atoms with Gasteiger partial charge < -0.3 is 14.6 Å². The fourth-order valence-electron chi connectivity index (χ4n) is 3.15. The number of amides is 1. The molecule has 0 fully saturated rings. The van der Waals surface area contributed by atoms with Crippen molar-refractivity contribution in [3.8, 4) is 5.75 Å². The van der Waals surface area contributed by atoms with Crippen molar-refractivity contribution in [1.29, 1.82) is 0 Å². The number of hydrogen-bond donors (Lipinski definition) is 1. The molecule has 2 aromatic heterocycles. The zero-order valence-corrected chi connectivity index (χ0v) is 17.8. The predicted molar refractivity (Wildman–Crippen MR) is 114 cm³/mol. The highest BCUT2D eigenvalue weighted by Crippen LogP contribution is 2.31. The molecular formula is C21H22BrN3O3. The molecule has 1 amide bonds. The lowest BCUT2D eigenvalue weighted by atomic mass is 10.1. The second kappa shape index (κ2) is 8.14. The largest absolute Gasteiger partial charge is 0.495 e. The lowest BCUT2D eigenvalue weighted by Gasteiger charge is -2.18. The minimum absolute atomic E-state index is 0.0289. The Hall–Kier alpha value is -2.67. The van der Waals surface area contributed by atoms with E-state index in [0.29, 0.717) is 17.7 Å². The van der Waals surface area contributed by atoms with Crippen molar-refractivity contribution in [3.63, 3.8) is 0 Å². The second-order valence-corrected chi connectivity index (χ2v) is 7.92. The Labute approximate surface area is 171 Å².